The van der Waals surface area contributed by atoms with Crippen LogP contribution in [0.25, 0.3) is 0 Å². The molecule has 2 atom stereocenters. The maximum atomic E-state index is 12.8. The van der Waals surface area contributed by atoms with Gasteiger partial charge in [-0.15, -0.1) is 0 Å². The fraction of sp³-hybridized carbons (Fsp3) is 0.909. The van der Waals surface area contributed by atoms with Crippen molar-refractivity contribution in [2.75, 3.05) is 19.8 Å². The van der Waals surface area contributed by atoms with Crippen LogP contribution in [0, 0.1) is 5.92 Å². The van der Waals surface area contributed by atoms with Gasteiger partial charge in [0.15, 0.2) is 0 Å². The third-order valence-electron chi connectivity index (χ3n) is 2.93. The molecule has 1 aliphatic heterocycles. The second-order valence-electron chi connectivity index (χ2n) is 4.30. The van der Waals surface area contributed by atoms with Gasteiger partial charge < -0.3 is 15.2 Å². The van der Waals surface area contributed by atoms with Gasteiger partial charge in [0.25, 0.3) is 5.92 Å². The fourth-order valence-corrected chi connectivity index (χ4v) is 1.95. The summed E-state index contributed by atoms with van der Waals surface area (Å²) in [5.74, 6) is -4.03. The van der Waals surface area contributed by atoms with Gasteiger partial charge in [-0.1, -0.05) is 6.92 Å². The Labute approximate surface area is 99.3 Å². The van der Waals surface area contributed by atoms with Crippen molar-refractivity contribution in [3.63, 3.8) is 0 Å². The number of rotatable bonds is 5. The van der Waals surface area contributed by atoms with Gasteiger partial charge in [0.05, 0.1) is 18.6 Å². The number of ether oxygens (including phenoxy) is 1. The average Bonchev–Trinajstić information content (AvgIpc) is 2.36. The molecule has 100 valence electrons. The maximum Gasteiger partial charge on any atom is 0.287 e. The normalized spacial score (nSPS) is 25.6. The predicted molar refractivity (Wildman–Crippen MR) is 57.8 cm³/mol. The molecule has 0 aliphatic carbocycles. The van der Waals surface area contributed by atoms with E-state index in [1.54, 1.807) is 0 Å². The third-order valence-corrected chi connectivity index (χ3v) is 2.93. The summed E-state index contributed by atoms with van der Waals surface area (Å²) in [4.78, 5) is 11.7. The minimum atomic E-state index is -3.26. The van der Waals surface area contributed by atoms with Crippen molar-refractivity contribution >= 4 is 5.91 Å². The van der Waals surface area contributed by atoms with Crippen LogP contribution in [0.15, 0.2) is 0 Å². The number of hydrogen-bond donors (Lipinski definition) is 2. The largest absolute Gasteiger partial charge is 0.390 e. The van der Waals surface area contributed by atoms with Gasteiger partial charge in [-0.25, -0.2) is 8.78 Å². The van der Waals surface area contributed by atoms with Crippen LogP contribution in [-0.4, -0.2) is 42.8 Å². The summed E-state index contributed by atoms with van der Waals surface area (Å²) < 4.78 is 30.9. The highest BCUT2D eigenvalue weighted by Crippen LogP contribution is 2.23. The van der Waals surface area contributed by atoms with Crippen molar-refractivity contribution in [1.82, 2.24) is 5.32 Å². The second-order valence-corrected chi connectivity index (χ2v) is 4.30. The van der Waals surface area contributed by atoms with Crippen LogP contribution in [0.1, 0.15) is 26.2 Å². The summed E-state index contributed by atoms with van der Waals surface area (Å²) in [5, 5.41) is 10.6. The number of carbonyl (C=O) groups excluding carboxylic acids is 1. The van der Waals surface area contributed by atoms with E-state index in [1.165, 1.54) is 0 Å². The number of aliphatic hydroxyl groups is 1. The zero-order valence-electron chi connectivity index (χ0n) is 9.92. The van der Waals surface area contributed by atoms with E-state index in [9.17, 15) is 13.6 Å². The number of carbonyl (C=O) groups is 1. The van der Waals surface area contributed by atoms with Gasteiger partial charge in [-0.3, -0.25) is 4.79 Å². The van der Waals surface area contributed by atoms with Crippen LogP contribution in [-0.2, 0) is 9.53 Å². The van der Waals surface area contributed by atoms with E-state index in [1.807, 2.05) is 6.92 Å². The van der Waals surface area contributed by atoms with Crippen LogP contribution in [0.4, 0.5) is 8.78 Å². The van der Waals surface area contributed by atoms with Crippen LogP contribution in [0.3, 0.4) is 0 Å². The number of amides is 1. The Hall–Kier alpha value is -0.750. The molecule has 1 rings (SSSR count). The van der Waals surface area contributed by atoms with Gasteiger partial charge in [-0.05, 0) is 19.3 Å². The average molecular weight is 251 g/mol. The molecule has 1 saturated heterocycles. The highest BCUT2D eigenvalue weighted by Gasteiger charge is 2.33. The molecule has 17 heavy (non-hydrogen) atoms. The molecule has 1 amide bonds. The molecule has 0 saturated carbocycles. The molecule has 0 spiro atoms. The van der Waals surface area contributed by atoms with Crippen LogP contribution >= 0.6 is 0 Å². The van der Waals surface area contributed by atoms with Gasteiger partial charge >= 0.3 is 0 Å². The molecule has 0 bridgehead atoms. The third kappa shape index (κ3) is 4.20. The van der Waals surface area contributed by atoms with Gasteiger partial charge in [0.2, 0.25) is 5.91 Å². The molecule has 1 aliphatic rings. The monoisotopic (exact) mass is 251 g/mol. The Kier molecular flexibility index (Phi) is 5.27. The molecular weight excluding hydrogens is 232 g/mol. The Morgan fingerprint density at radius 3 is 2.88 bits per heavy atom. The van der Waals surface area contributed by atoms with Crippen LogP contribution < -0.4 is 5.32 Å². The first-order valence-corrected chi connectivity index (χ1v) is 5.88. The van der Waals surface area contributed by atoms with Crippen molar-refractivity contribution < 1.29 is 23.4 Å². The first-order chi connectivity index (χ1) is 8.00. The van der Waals surface area contributed by atoms with E-state index >= 15 is 0 Å². The molecule has 0 aromatic heterocycles. The molecule has 0 aromatic carbocycles. The Morgan fingerprint density at radius 2 is 2.29 bits per heavy atom. The Morgan fingerprint density at radius 1 is 1.59 bits per heavy atom. The first kappa shape index (κ1) is 14.3. The highest BCUT2D eigenvalue weighted by molar-refractivity contribution is 5.79. The fourth-order valence-electron chi connectivity index (χ4n) is 1.95. The second kappa shape index (κ2) is 6.26. The van der Waals surface area contributed by atoms with Crippen molar-refractivity contribution in [3.05, 3.63) is 0 Å². The maximum absolute atomic E-state index is 12.8. The topological polar surface area (TPSA) is 58.6 Å². The summed E-state index contributed by atoms with van der Waals surface area (Å²) in [6.45, 7) is 0.439. The summed E-state index contributed by atoms with van der Waals surface area (Å²) in [7, 11) is 0. The molecule has 0 aromatic rings. The zero-order valence-corrected chi connectivity index (χ0v) is 9.92. The van der Waals surface area contributed by atoms with Crippen LogP contribution in [0.2, 0.25) is 0 Å². The molecule has 0 radical (unpaired) electrons. The predicted octanol–water partition coefficient (Wildman–Crippen LogP) is 0.935. The number of nitrogens with one attached hydrogen (secondary N) is 1. The highest BCUT2D eigenvalue weighted by atomic mass is 19.3. The van der Waals surface area contributed by atoms with Crippen molar-refractivity contribution in [3.8, 4) is 0 Å². The van der Waals surface area contributed by atoms with E-state index in [0.717, 1.165) is 6.42 Å². The SMILES string of the molecule is CCC1OCCCC1C(=O)NCC(F)(F)CO. The number of aliphatic hydroxyl groups excluding tert-OH is 1. The summed E-state index contributed by atoms with van der Waals surface area (Å²) in [6.07, 6.45) is 1.93. The van der Waals surface area contributed by atoms with E-state index in [-0.39, 0.29) is 12.0 Å². The Balaban J connectivity index is 2.45. The molecule has 1 fully saturated rings. The van der Waals surface area contributed by atoms with Crippen LogP contribution in [0.5, 0.6) is 0 Å². The van der Waals surface area contributed by atoms with E-state index in [2.05, 4.69) is 5.32 Å². The molecule has 6 heteroatoms. The lowest BCUT2D eigenvalue weighted by molar-refractivity contribution is -0.137. The minimum absolute atomic E-state index is 0.188. The molecule has 2 N–H and O–H groups in total. The lowest BCUT2D eigenvalue weighted by Gasteiger charge is -2.30. The smallest absolute Gasteiger partial charge is 0.287 e. The molecule has 4 nitrogen and oxygen atoms in total. The van der Waals surface area contributed by atoms with Gasteiger partial charge in [0.1, 0.15) is 6.61 Å². The standard InChI is InChI=1S/C11H19F2NO3/c1-2-9-8(4-3-5-17-9)10(16)14-6-11(12,13)7-15/h8-9,15H,2-7H2,1H3,(H,14,16). The summed E-state index contributed by atoms with van der Waals surface area (Å²) >= 11 is 0. The number of alkyl halides is 2. The number of halogens is 2. The zero-order chi connectivity index (χ0) is 12.9. The van der Waals surface area contributed by atoms with Gasteiger partial charge in [0, 0.05) is 6.61 Å². The van der Waals surface area contributed by atoms with E-state index in [4.69, 9.17) is 9.84 Å². The van der Waals surface area contributed by atoms with Crippen molar-refractivity contribution in [2.24, 2.45) is 5.92 Å². The Bertz CT molecular complexity index is 261. The van der Waals surface area contributed by atoms with E-state index in [0.29, 0.717) is 19.4 Å². The first-order valence-electron chi connectivity index (χ1n) is 5.88. The summed E-state index contributed by atoms with van der Waals surface area (Å²) in [5.41, 5.74) is 0. The van der Waals surface area contributed by atoms with Crippen molar-refractivity contribution in [1.29, 1.82) is 0 Å². The minimum Gasteiger partial charge on any atom is -0.390 e. The van der Waals surface area contributed by atoms with Gasteiger partial charge in [-0.2, -0.15) is 0 Å². The lowest BCUT2D eigenvalue weighted by atomic mass is 9.92. The molecule has 1 heterocycles. The van der Waals surface area contributed by atoms with E-state index < -0.39 is 25.0 Å². The lowest BCUT2D eigenvalue weighted by Crippen LogP contribution is -2.46. The molecule has 2 unspecified atom stereocenters. The number of hydrogen-bond acceptors (Lipinski definition) is 3. The molecular formula is C11H19F2NO3. The summed E-state index contributed by atoms with van der Waals surface area (Å²) in [6, 6.07) is 0. The quantitative estimate of drug-likeness (QED) is 0.764. The van der Waals surface area contributed by atoms with Crippen molar-refractivity contribution in [2.45, 2.75) is 38.2 Å².